The quantitative estimate of drug-likeness (QED) is 0.712. The number of nitrogens with two attached hydrogens (primary N) is 1. The molecule has 0 aliphatic carbocycles. The van der Waals surface area contributed by atoms with Gasteiger partial charge < -0.3 is 15.6 Å². The lowest BCUT2D eigenvalue weighted by Gasteiger charge is -2.14. The number of benzene rings is 1. The number of aryl methyl sites for hydroxylation is 1. The molecule has 1 atom stereocenters. The van der Waals surface area contributed by atoms with E-state index in [4.69, 9.17) is 17.3 Å². The topological polar surface area (TPSA) is 98.7 Å². The predicted octanol–water partition coefficient (Wildman–Crippen LogP) is 2.10. The first-order chi connectivity index (χ1) is 12.5. The summed E-state index contributed by atoms with van der Waals surface area (Å²) in [5, 5.41) is 10.8. The molecular formula is C17H16ClFN6O. The van der Waals surface area contributed by atoms with Crippen LogP contribution in [0.15, 0.2) is 42.9 Å². The largest absolute Gasteiger partial charge is 0.350 e. The molecule has 3 N–H and O–H groups in total. The van der Waals surface area contributed by atoms with Gasteiger partial charge in [-0.25, -0.2) is 4.39 Å². The number of hydrogen-bond acceptors (Lipinski definition) is 5. The van der Waals surface area contributed by atoms with Gasteiger partial charge in [-0.15, -0.1) is 10.2 Å². The van der Waals surface area contributed by atoms with E-state index in [1.165, 1.54) is 18.5 Å². The van der Waals surface area contributed by atoms with E-state index in [1.807, 2.05) is 0 Å². The van der Waals surface area contributed by atoms with Crippen molar-refractivity contribution < 1.29 is 9.18 Å². The first-order valence-electron chi connectivity index (χ1n) is 7.75. The average Bonchev–Trinajstić information content (AvgIpc) is 3.04. The van der Waals surface area contributed by atoms with Crippen LogP contribution in [-0.2, 0) is 7.05 Å². The normalized spacial score (nSPS) is 12.0. The maximum Gasteiger partial charge on any atom is 0.253 e. The number of pyridine rings is 1. The maximum atomic E-state index is 13.4. The lowest BCUT2D eigenvalue weighted by atomic mass is 10.1. The minimum Gasteiger partial charge on any atom is -0.350 e. The number of hydrogen-bond donors (Lipinski definition) is 2. The van der Waals surface area contributed by atoms with Gasteiger partial charge in [0.25, 0.3) is 5.91 Å². The average molecular weight is 375 g/mol. The van der Waals surface area contributed by atoms with E-state index in [0.29, 0.717) is 22.6 Å². The molecule has 0 aliphatic heterocycles. The van der Waals surface area contributed by atoms with Gasteiger partial charge in [0.05, 0.1) is 5.56 Å². The summed E-state index contributed by atoms with van der Waals surface area (Å²) in [6, 6.07) is 6.73. The molecule has 1 aromatic carbocycles. The highest BCUT2D eigenvalue weighted by molar-refractivity contribution is 6.30. The molecule has 0 saturated carbocycles. The molecule has 3 aromatic rings. The molecule has 0 spiro atoms. The van der Waals surface area contributed by atoms with E-state index in [1.54, 1.807) is 36.0 Å². The molecule has 0 fully saturated rings. The number of carbonyl (C=O) groups is 1. The van der Waals surface area contributed by atoms with Gasteiger partial charge in [-0.2, -0.15) is 0 Å². The number of rotatable bonds is 5. The second-order valence-corrected chi connectivity index (χ2v) is 6.12. The summed E-state index contributed by atoms with van der Waals surface area (Å²) in [6.45, 7) is 0.103. The van der Waals surface area contributed by atoms with Gasteiger partial charge in [-0.1, -0.05) is 11.6 Å². The zero-order valence-electron chi connectivity index (χ0n) is 13.9. The van der Waals surface area contributed by atoms with Crippen LogP contribution in [0.2, 0.25) is 5.02 Å². The fraction of sp³-hybridized carbons (Fsp3) is 0.176. The van der Waals surface area contributed by atoms with E-state index < -0.39 is 11.9 Å². The standard InChI is InChI=1S/C17H16ClFN6O/c1-25-9-23-24-16(25)15-13(3-2-4-21-15)17(26)22-8-14(20)10-5-11(18)7-12(19)6-10/h2-7,9,14H,8,20H2,1H3,(H,22,26). The molecule has 1 amide bonds. The molecule has 0 aliphatic rings. The van der Waals surface area contributed by atoms with E-state index in [2.05, 4.69) is 20.5 Å². The molecular weight excluding hydrogens is 359 g/mol. The summed E-state index contributed by atoms with van der Waals surface area (Å²) in [5.74, 6) is -0.378. The Labute approximate surface area is 154 Å². The molecule has 0 bridgehead atoms. The lowest BCUT2D eigenvalue weighted by molar-refractivity contribution is 0.0951. The van der Waals surface area contributed by atoms with E-state index in [-0.39, 0.29) is 17.5 Å². The zero-order valence-corrected chi connectivity index (χ0v) is 14.6. The molecule has 2 aromatic heterocycles. The van der Waals surface area contributed by atoms with Crippen LogP contribution in [0.25, 0.3) is 11.5 Å². The Morgan fingerprint density at radius 3 is 2.92 bits per heavy atom. The van der Waals surface area contributed by atoms with Crippen molar-refractivity contribution in [2.75, 3.05) is 6.54 Å². The Hall–Kier alpha value is -2.84. The second-order valence-electron chi connectivity index (χ2n) is 5.68. The number of amides is 1. The van der Waals surface area contributed by atoms with Gasteiger partial charge in [0.2, 0.25) is 0 Å². The fourth-order valence-electron chi connectivity index (χ4n) is 2.47. The van der Waals surface area contributed by atoms with Crippen LogP contribution < -0.4 is 11.1 Å². The monoisotopic (exact) mass is 374 g/mol. The summed E-state index contributed by atoms with van der Waals surface area (Å²) in [4.78, 5) is 16.8. The van der Waals surface area contributed by atoms with Gasteiger partial charge in [-0.05, 0) is 35.9 Å². The Morgan fingerprint density at radius 1 is 1.42 bits per heavy atom. The molecule has 0 saturated heterocycles. The number of aromatic nitrogens is 4. The van der Waals surface area contributed by atoms with Crippen molar-refractivity contribution in [1.82, 2.24) is 25.1 Å². The number of halogens is 2. The van der Waals surface area contributed by atoms with Crippen LogP contribution >= 0.6 is 11.6 Å². The summed E-state index contributed by atoms with van der Waals surface area (Å²) in [5.41, 5.74) is 7.28. The van der Waals surface area contributed by atoms with Crippen molar-refractivity contribution >= 4 is 17.5 Å². The van der Waals surface area contributed by atoms with E-state index in [0.717, 1.165) is 0 Å². The van der Waals surface area contributed by atoms with Gasteiger partial charge in [0.15, 0.2) is 5.82 Å². The Bertz CT molecular complexity index is 924. The van der Waals surface area contributed by atoms with Crippen molar-refractivity contribution in [3.8, 4) is 11.5 Å². The molecule has 1 unspecified atom stereocenters. The van der Waals surface area contributed by atoms with Crippen molar-refractivity contribution in [3.05, 3.63) is 64.8 Å². The van der Waals surface area contributed by atoms with Crippen LogP contribution in [0.1, 0.15) is 22.0 Å². The number of carbonyl (C=O) groups excluding carboxylic acids is 1. The van der Waals surface area contributed by atoms with Crippen molar-refractivity contribution in [1.29, 1.82) is 0 Å². The summed E-state index contributed by atoms with van der Waals surface area (Å²) in [7, 11) is 1.76. The third-order valence-corrected chi connectivity index (χ3v) is 3.99. The predicted molar refractivity (Wildman–Crippen MR) is 94.9 cm³/mol. The highest BCUT2D eigenvalue weighted by atomic mass is 35.5. The Balaban J connectivity index is 1.76. The van der Waals surface area contributed by atoms with Gasteiger partial charge in [0.1, 0.15) is 17.8 Å². The Morgan fingerprint density at radius 2 is 2.23 bits per heavy atom. The zero-order chi connectivity index (χ0) is 18.7. The molecule has 26 heavy (non-hydrogen) atoms. The third kappa shape index (κ3) is 3.87. The van der Waals surface area contributed by atoms with Crippen LogP contribution in [0.3, 0.4) is 0 Å². The van der Waals surface area contributed by atoms with Gasteiger partial charge >= 0.3 is 0 Å². The fourth-order valence-corrected chi connectivity index (χ4v) is 2.70. The maximum absolute atomic E-state index is 13.4. The molecule has 0 radical (unpaired) electrons. The minimum atomic E-state index is -0.609. The highest BCUT2D eigenvalue weighted by Gasteiger charge is 2.18. The molecule has 9 heteroatoms. The first-order valence-corrected chi connectivity index (χ1v) is 8.12. The summed E-state index contributed by atoms with van der Waals surface area (Å²) >= 11 is 5.84. The number of nitrogens with zero attached hydrogens (tertiary/aromatic N) is 4. The van der Waals surface area contributed by atoms with E-state index >= 15 is 0 Å². The minimum absolute atomic E-state index is 0.103. The van der Waals surface area contributed by atoms with Crippen LogP contribution in [0, 0.1) is 5.82 Å². The number of nitrogens with one attached hydrogen (secondary N) is 1. The smallest absolute Gasteiger partial charge is 0.253 e. The molecule has 2 heterocycles. The SMILES string of the molecule is Cn1cnnc1-c1ncccc1C(=O)NCC(N)c1cc(F)cc(Cl)c1. The van der Waals surface area contributed by atoms with Gasteiger partial charge in [-0.3, -0.25) is 9.78 Å². The van der Waals surface area contributed by atoms with Gasteiger partial charge in [0, 0.05) is 30.9 Å². The summed E-state index contributed by atoms with van der Waals surface area (Å²) < 4.78 is 15.1. The molecule has 134 valence electrons. The molecule has 3 rings (SSSR count). The first kappa shape index (κ1) is 18.0. The van der Waals surface area contributed by atoms with E-state index in [9.17, 15) is 9.18 Å². The van der Waals surface area contributed by atoms with Crippen LogP contribution in [-0.4, -0.2) is 32.2 Å². The highest BCUT2D eigenvalue weighted by Crippen LogP contribution is 2.20. The van der Waals surface area contributed by atoms with Crippen LogP contribution in [0.4, 0.5) is 4.39 Å². The van der Waals surface area contributed by atoms with Crippen molar-refractivity contribution in [2.45, 2.75) is 6.04 Å². The van der Waals surface area contributed by atoms with Crippen molar-refractivity contribution in [3.63, 3.8) is 0 Å². The van der Waals surface area contributed by atoms with Crippen LogP contribution in [0.5, 0.6) is 0 Å². The Kier molecular flexibility index (Phi) is 5.24. The van der Waals surface area contributed by atoms with Crippen molar-refractivity contribution in [2.24, 2.45) is 12.8 Å². The summed E-state index contributed by atoms with van der Waals surface area (Å²) in [6.07, 6.45) is 3.09. The molecule has 7 nitrogen and oxygen atoms in total. The third-order valence-electron chi connectivity index (χ3n) is 3.77. The second kappa shape index (κ2) is 7.59. The lowest BCUT2D eigenvalue weighted by Crippen LogP contribution is -2.32.